The molecule has 148 valence electrons. The molecule has 0 unspecified atom stereocenters. The zero-order valence-corrected chi connectivity index (χ0v) is 16.3. The summed E-state index contributed by atoms with van der Waals surface area (Å²) in [6, 6.07) is 8.70. The van der Waals surface area contributed by atoms with E-state index in [-0.39, 0.29) is 0 Å². The molecule has 4 rings (SSSR count). The lowest BCUT2D eigenvalue weighted by molar-refractivity contribution is 0.0600. The summed E-state index contributed by atoms with van der Waals surface area (Å²) in [5.41, 5.74) is 1.56. The Morgan fingerprint density at radius 1 is 0.966 bits per heavy atom. The molecule has 0 aliphatic heterocycles. The van der Waals surface area contributed by atoms with Crippen LogP contribution in [0.15, 0.2) is 41.1 Å². The number of hydrogen-bond donors (Lipinski definition) is 0. The molecule has 0 fully saturated rings. The van der Waals surface area contributed by atoms with Crippen LogP contribution in [0.1, 0.15) is 16.1 Å². The van der Waals surface area contributed by atoms with Crippen molar-refractivity contribution in [3.8, 4) is 23.1 Å². The Balaban J connectivity index is 1.77. The van der Waals surface area contributed by atoms with E-state index in [0.717, 1.165) is 0 Å². The topological polar surface area (TPSA) is 92.9 Å². The SMILES string of the molecule is COC(=O)c1c(C)oc2cc(Oc3ncnc4cc(OC)c(OC)cc34)ccc12. The molecule has 0 atom stereocenters. The number of carbonyl (C=O) groups excluding carboxylic acids is 1. The summed E-state index contributed by atoms with van der Waals surface area (Å²) in [6.45, 7) is 1.71. The molecule has 2 heterocycles. The summed E-state index contributed by atoms with van der Waals surface area (Å²) >= 11 is 0. The first-order valence-electron chi connectivity index (χ1n) is 8.71. The van der Waals surface area contributed by atoms with E-state index in [2.05, 4.69) is 9.97 Å². The van der Waals surface area contributed by atoms with E-state index < -0.39 is 5.97 Å². The van der Waals surface area contributed by atoms with Crippen LogP contribution in [0.5, 0.6) is 23.1 Å². The Morgan fingerprint density at radius 2 is 1.72 bits per heavy atom. The Hall–Kier alpha value is -3.81. The molecule has 0 saturated heterocycles. The number of fused-ring (bicyclic) bond motifs is 2. The maximum Gasteiger partial charge on any atom is 0.342 e. The molecule has 0 bridgehead atoms. The van der Waals surface area contributed by atoms with Crippen LogP contribution in [-0.4, -0.2) is 37.3 Å². The van der Waals surface area contributed by atoms with Gasteiger partial charge in [-0.2, -0.15) is 0 Å². The second-order valence-electron chi connectivity index (χ2n) is 6.19. The quantitative estimate of drug-likeness (QED) is 0.463. The van der Waals surface area contributed by atoms with Crippen molar-refractivity contribution < 1.29 is 28.2 Å². The molecule has 0 N–H and O–H groups in total. The molecule has 2 aromatic carbocycles. The molecule has 4 aromatic rings. The third-order valence-electron chi connectivity index (χ3n) is 4.55. The Bertz CT molecular complexity index is 1230. The fourth-order valence-electron chi connectivity index (χ4n) is 3.17. The third-order valence-corrected chi connectivity index (χ3v) is 4.55. The van der Waals surface area contributed by atoms with Gasteiger partial charge in [0.05, 0.1) is 32.2 Å². The smallest absolute Gasteiger partial charge is 0.342 e. The summed E-state index contributed by atoms with van der Waals surface area (Å²) in [4.78, 5) is 20.5. The maximum absolute atomic E-state index is 12.0. The zero-order chi connectivity index (χ0) is 20.5. The van der Waals surface area contributed by atoms with Gasteiger partial charge >= 0.3 is 5.97 Å². The normalized spacial score (nSPS) is 10.9. The summed E-state index contributed by atoms with van der Waals surface area (Å²) in [7, 11) is 4.45. The van der Waals surface area contributed by atoms with E-state index in [0.29, 0.717) is 56.3 Å². The molecule has 0 radical (unpaired) electrons. The Labute approximate surface area is 166 Å². The molecule has 0 aliphatic carbocycles. The Kier molecular flexibility index (Phi) is 4.67. The van der Waals surface area contributed by atoms with Crippen LogP contribution >= 0.6 is 0 Å². The first-order valence-corrected chi connectivity index (χ1v) is 8.71. The molecule has 2 aromatic heterocycles. The number of aromatic nitrogens is 2. The highest BCUT2D eigenvalue weighted by Gasteiger charge is 2.19. The minimum atomic E-state index is -0.447. The van der Waals surface area contributed by atoms with Gasteiger partial charge in [0.1, 0.15) is 29.0 Å². The average Bonchev–Trinajstić information content (AvgIpc) is 3.07. The standard InChI is InChI=1S/C21H18N2O6/c1-11-19(21(24)27-4)13-6-5-12(7-16(13)28-11)29-20-14-8-17(25-2)18(26-3)9-15(14)22-10-23-20/h5-10H,1-4H3. The maximum atomic E-state index is 12.0. The first kappa shape index (κ1) is 18.5. The van der Waals surface area contributed by atoms with E-state index in [9.17, 15) is 4.79 Å². The number of benzene rings is 2. The Morgan fingerprint density at radius 3 is 2.45 bits per heavy atom. The van der Waals surface area contributed by atoms with E-state index >= 15 is 0 Å². The highest BCUT2D eigenvalue weighted by atomic mass is 16.5. The van der Waals surface area contributed by atoms with Crippen molar-refractivity contribution in [1.29, 1.82) is 0 Å². The van der Waals surface area contributed by atoms with Crippen molar-refractivity contribution in [2.75, 3.05) is 21.3 Å². The molecular formula is C21H18N2O6. The van der Waals surface area contributed by atoms with E-state index in [1.807, 2.05) is 0 Å². The van der Waals surface area contributed by atoms with Crippen LogP contribution in [0.4, 0.5) is 0 Å². The molecular weight excluding hydrogens is 376 g/mol. The average molecular weight is 394 g/mol. The molecule has 0 spiro atoms. The molecule has 0 saturated carbocycles. The van der Waals surface area contributed by atoms with Gasteiger partial charge in [0, 0.05) is 17.5 Å². The lowest BCUT2D eigenvalue weighted by atomic mass is 10.1. The van der Waals surface area contributed by atoms with Gasteiger partial charge in [0.2, 0.25) is 5.88 Å². The first-order chi connectivity index (χ1) is 14.0. The van der Waals surface area contributed by atoms with Crippen molar-refractivity contribution in [3.63, 3.8) is 0 Å². The number of nitrogens with zero attached hydrogens (tertiary/aromatic N) is 2. The van der Waals surface area contributed by atoms with Crippen LogP contribution in [0.25, 0.3) is 21.9 Å². The van der Waals surface area contributed by atoms with Crippen molar-refractivity contribution in [2.45, 2.75) is 6.92 Å². The van der Waals surface area contributed by atoms with Crippen LogP contribution in [0, 0.1) is 6.92 Å². The van der Waals surface area contributed by atoms with Crippen LogP contribution in [-0.2, 0) is 4.74 Å². The van der Waals surface area contributed by atoms with Crippen LogP contribution in [0.2, 0.25) is 0 Å². The van der Waals surface area contributed by atoms with Crippen molar-refractivity contribution in [1.82, 2.24) is 9.97 Å². The highest BCUT2D eigenvalue weighted by molar-refractivity contribution is 6.04. The number of hydrogen-bond acceptors (Lipinski definition) is 8. The molecule has 0 aliphatic rings. The number of aryl methyl sites for hydroxylation is 1. The number of esters is 1. The lowest BCUT2D eigenvalue weighted by Gasteiger charge is -2.11. The summed E-state index contributed by atoms with van der Waals surface area (Å²) in [6.07, 6.45) is 1.41. The minimum Gasteiger partial charge on any atom is -0.493 e. The van der Waals surface area contributed by atoms with Crippen molar-refractivity contribution in [3.05, 3.63) is 48.0 Å². The highest BCUT2D eigenvalue weighted by Crippen LogP contribution is 2.37. The van der Waals surface area contributed by atoms with Crippen LogP contribution < -0.4 is 14.2 Å². The summed E-state index contributed by atoms with van der Waals surface area (Å²) < 4.78 is 27.2. The number of ether oxygens (including phenoxy) is 4. The van der Waals surface area contributed by atoms with E-state index in [1.54, 1.807) is 51.5 Å². The zero-order valence-electron chi connectivity index (χ0n) is 16.3. The molecule has 8 heteroatoms. The molecule has 0 amide bonds. The largest absolute Gasteiger partial charge is 0.493 e. The van der Waals surface area contributed by atoms with Gasteiger partial charge in [-0.25, -0.2) is 14.8 Å². The minimum absolute atomic E-state index is 0.353. The van der Waals surface area contributed by atoms with Gasteiger partial charge in [-0.05, 0) is 25.1 Å². The predicted octanol–water partition coefficient (Wildman–Crippen LogP) is 4.28. The summed E-state index contributed by atoms with van der Waals surface area (Å²) in [5, 5.41) is 1.32. The van der Waals surface area contributed by atoms with Crippen molar-refractivity contribution >= 4 is 27.8 Å². The fourth-order valence-corrected chi connectivity index (χ4v) is 3.17. The van der Waals surface area contributed by atoms with Gasteiger partial charge in [-0.1, -0.05) is 0 Å². The fraction of sp³-hybridized carbons (Fsp3) is 0.190. The van der Waals surface area contributed by atoms with E-state index in [4.69, 9.17) is 23.4 Å². The van der Waals surface area contributed by atoms with Gasteiger partial charge in [-0.3, -0.25) is 0 Å². The number of carbonyl (C=O) groups is 1. The second kappa shape index (κ2) is 7.31. The molecule has 29 heavy (non-hydrogen) atoms. The number of methoxy groups -OCH3 is 3. The van der Waals surface area contributed by atoms with E-state index in [1.165, 1.54) is 13.4 Å². The predicted molar refractivity (Wildman–Crippen MR) is 105 cm³/mol. The monoisotopic (exact) mass is 394 g/mol. The second-order valence-corrected chi connectivity index (χ2v) is 6.19. The summed E-state index contributed by atoms with van der Waals surface area (Å²) in [5.74, 6) is 1.99. The van der Waals surface area contributed by atoms with Gasteiger partial charge < -0.3 is 23.4 Å². The van der Waals surface area contributed by atoms with Gasteiger partial charge in [0.15, 0.2) is 11.5 Å². The number of rotatable bonds is 5. The van der Waals surface area contributed by atoms with Crippen LogP contribution in [0.3, 0.4) is 0 Å². The lowest BCUT2D eigenvalue weighted by Crippen LogP contribution is -2.01. The van der Waals surface area contributed by atoms with Gasteiger partial charge in [0.25, 0.3) is 0 Å². The molecule has 8 nitrogen and oxygen atoms in total. The van der Waals surface area contributed by atoms with Crippen molar-refractivity contribution in [2.24, 2.45) is 0 Å². The van der Waals surface area contributed by atoms with Gasteiger partial charge in [-0.15, -0.1) is 0 Å². The third kappa shape index (κ3) is 3.18. The number of furan rings is 1.